The minimum Gasteiger partial charge on any atom is -0.387 e. The summed E-state index contributed by atoms with van der Waals surface area (Å²) in [6.07, 6.45) is 2.79. The highest BCUT2D eigenvalue weighted by atomic mass is 16.3. The van der Waals surface area contributed by atoms with Gasteiger partial charge in [-0.25, -0.2) is 0 Å². The molecule has 0 aliphatic heterocycles. The van der Waals surface area contributed by atoms with Crippen molar-refractivity contribution in [2.24, 2.45) is 0 Å². The van der Waals surface area contributed by atoms with Crippen molar-refractivity contribution in [1.82, 2.24) is 15.5 Å². The third-order valence-corrected chi connectivity index (χ3v) is 5.45. The Balaban J connectivity index is 1.63. The number of aryl methyl sites for hydroxylation is 2. The predicted octanol–water partition coefficient (Wildman–Crippen LogP) is 4.62. The van der Waals surface area contributed by atoms with Gasteiger partial charge in [0.1, 0.15) is 6.10 Å². The molecule has 0 aliphatic rings. The van der Waals surface area contributed by atoms with Crippen LogP contribution in [0.3, 0.4) is 0 Å². The largest absolute Gasteiger partial charge is 0.387 e. The third-order valence-electron chi connectivity index (χ3n) is 5.45. The summed E-state index contributed by atoms with van der Waals surface area (Å²) < 4.78 is 0. The van der Waals surface area contributed by atoms with Gasteiger partial charge in [0, 0.05) is 7.05 Å². The minimum absolute atomic E-state index is 0.673. The summed E-state index contributed by atoms with van der Waals surface area (Å²) in [5.41, 5.74) is 5.87. The molecule has 0 saturated carbocycles. The molecule has 146 valence electrons. The molecule has 0 fully saturated rings. The van der Waals surface area contributed by atoms with Crippen LogP contribution in [0.5, 0.6) is 0 Å². The third kappa shape index (κ3) is 3.80. The highest BCUT2D eigenvalue weighted by Crippen LogP contribution is 2.31. The van der Waals surface area contributed by atoms with Crippen LogP contribution in [0.1, 0.15) is 34.1 Å². The summed E-state index contributed by atoms with van der Waals surface area (Å²) in [7, 11) is 1.85. The second-order valence-electron chi connectivity index (χ2n) is 7.17. The van der Waals surface area contributed by atoms with Gasteiger partial charge in [0.05, 0.1) is 17.6 Å². The normalized spacial score (nSPS) is 12.1. The van der Waals surface area contributed by atoms with Crippen LogP contribution in [0.15, 0.2) is 79.5 Å². The molecule has 4 aromatic rings. The van der Waals surface area contributed by atoms with Crippen LogP contribution in [0, 0.1) is 0 Å². The second-order valence-corrected chi connectivity index (χ2v) is 7.17. The monoisotopic (exact) mass is 383 g/mol. The second kappa shape index (κ2) is 8.33. The van der Waals surface area contributed by atoms with Crippen molar-refractivity contribution < 1.29 is 5.11 Å². The van der Waals surface area contributed by atoms with Crippen molar-refractivity contribution in [3.63, 3.8) is 0 Å². The molecule has 3 N–H and O–H groups in total. The Morgan fingerprint density at radius 1 is 0.966 bits per heavy atom. The number of aromatic amines is 1. The van der Waals surface area contributed by atoms with E-state index in [1.165, 1.54) is 0 Å². The Morgan fingerprint density at radius 3 is 2.52 bits per heavy atom. The molecule has 0 amide bonds. The zero-order valence-corrected chi connectivity index (χ0v) is 16.5. The molecule has 3 aromatic carbocycles. The van der Waals surface area contributed by atoms with Crippen LogP contribution >= 0.6 is 0 Å². The first-order valence-electron chi connectivity index (χ1n) is 9.82. The summed E-state index contributed by atoms with van der Waals surface area (Å²) in [6, 6.07) is 22.4. The van der Waals surface area contributed by atoms with Gasteiger partial charge in [-0.15, -0.1) is 0 Å². The number of rotatable bonds is 7. The van der Waals surface area contributed by atoms with E-state index in [1.54, 1.807) is 0 Å². The zero-order chi connectivity index (χ0) is 20.2. The first-order valence-corrected chi connectivity index (χ1v) is 9.82. The summed E-state index contributed by atoms with van der Waals surface area (Å²) in [6.45, 7) is 4.02. The number of aliphatic hydroxyl groups is 1. The van der Waals surface area contributed by atoms with Gasteiger partial charge in [0.25, 0.3) is 0 Å². The van der Waals surface area contributed by atoms with Crippen molar-refractivity contribution in [1.29, 1.82) is 0 Å². The maximum Gasteiger partial charge on any atom is 0.105 e. The Hall–Kier alpha value is -3.37. The van der Waals surface area contributed by atoms with Crippen LogP contribution in [0.4, 0.5) is 0 Å². The van der Waals surface area contributed by atoms with E-state index >= 15 is 0 Å². The van der Waals surface area contributed by atoms with Gasteiger partial charge >= 0.3 is 0 Å². The minimum atomic E-state index is -0.673. The highest BCUT2D eigenvalue weighted by molar-refractivity contribution is 5.86. The first kappa shape index (κ1) is 19.0. The molecular formula is C25H25N3O. The molecule has 0 spiro atoms. The van der Waals surface area contributed by atoms with Gasteiger partial charge < -0.3 is 10.4 Å². The molecular weight excluding hydrogens is 358 g/mol. The molecule has 0 aliphatic carbocycles. The zero-order valence-electron chi connectivity index (χ0n) is 16.5. The van der Waals surface area contributed by atoms with Crippen molar-refractivity contribution in [2.45, 2.75) is 18.9 Å². The summed E-state index contributed by atoms with van der Waals surface area (Å²) in [4.78, 5) is 0. The van der Waals surface area contributed by atoms with Crippen LogP contribution < -0.4 is 5.32 Å². The molecule has 4 heteroatoms. The molecule has 1 aromatic heterocycles. The molecule has 1 atom stereocenters. The number of fused-ring (bicyclic) bond motifs is 1. The first-order chi connectivity index (χ1) is 14.2. The van der Waals surface area contributed by atoms with Gasteiger partial charge in [0.15, 0.2) is 0 Å². The highest BCUT2D eigenvalue weighted by Gasteiger charge is 2.17. The Kier molecular flexibility index (Phi) is 5.45. The maximum absolute atomic E-state index is 11.3. The van der Waals surface area contributed by atoms with Crippen LogP contribution in [-0.2, 0) is 12.8 Å². The average Bonchev–Trinajstić information content (AvgIpc) is 3.25. The quantitative estimate of drug-likeness (QED) is 0.436. The molecule has 4 nitrogen and oxygen atoms in total. The van der Waals surface area contributed by atoms with Crippen molar-refractivity contribution >= 4 is 16.5 Å². The summed E-state index contributed by atoms with van der Waals surface area (Å²) in [5.74, 6) is 0. The fourth-order valence-electron chi connectivity index (χ4n) is 3.84. The fourth-order valence-corrected chi connectivity index (χ4v) is 3.84. The Bertz CT molecular complexity index is 1140. The number of hydrogen-bond acceptors (Lipinski definition) is 3. The van der Waals surface area contributed by atoms with Gasteiger partial charge in [-0.3, -0.25) is 5.10 Å². The van der Waals surface area contributed by atoms with E-state index < -0.39 is 6.10 Å². The van der Waals surface area contributed by atoms with E-state index in [4.69, 9.17) is 0 Å². The fraction of sp³-hybridized carbons (Fsp3) is 0.160. The Labute approximate surface area is 170 Å². The maximum atomic E-state index is 11.3. The molecule has 0 radical (unpaired) electrons. The number of aliphatic hydroxyl groups excluding tert-OH is 1. The van der Waals surface area contributed by atoms with Crippen molar-refractivity contribution in [2.75, 3.05) is 7.05 Å². The lowest BCUT2D eigenvalue weighted by Crippen LogP contribution is -2.08. The van der Waals surface area contributed by atoms with E-state index in [0.29, 0.717) is 0 Å². The number of H-pyrrole nitrogens is 1. The molecule has 4 rings (SSSR count). The number of nitrogens with zero attached hydrogens (tertiary/aromatic N) is 1. The number of benzene rings is 3. The van der Waals surface area contributed by atoms with E-state index in [0.717, 1.165) is 57.3 Å². The molecule has 0 saturated heterocycles. The number of nitrogens with one attached hydrogen (secondary N) is 2. The van der Waals surface area contributed by atoms with E-state index in [1.807, 2.05) is 55.7 Å². The standard InChI is InChI=1S/C25H25N3O/c1-17(26-2)24-20(16-27-28-24)15-14-19-9-4-6-12-22(19)25(29)23-13-7-10-18-8-3-5-11-21(18)23/h3-13,16,25-26,29H,1,14-15H2,2H3,(H,27,28). The van der Waals surface area contributed by atoms with Gasteiger partial charge in [0.2, 0.25) is 0 Å². The van der Waals surface area contributed by atoms with E-state index in [2.05, 4.69) is 46.4 Å². The SMILES string of the molecule is C=C(NC)c1[nH]ncc1CCc1ccccc1C(O)c1cccc2ccccc12. The van der Waals surface area contributed by atoms with Gasteiger partial charge in [-0.2, -0.15) is 5.10 Å². The topological polar surface area (TPSA) is 60.9 Å². The van der Waals surface area contributed by atoms with Crippen LogP contribution in [-0.4, -0.2) is 22.4 Å². The molecule has 1 unspecified atom stereocenters. The smallest absolute Gasteiger partial charge is 0.105 e. The van der Waals surface area contributed by atoms with Gasteiger partial charge in [-0.05, 0) is 45.9 Å². The lowest BCUT2D eigenvalue weighted by atomic mass is 9.91. The van der Waals surface area contributed by atoms with E-state index in [-0.39, 0.29) is 0 Å². The lowest BCUT2D eigenvalue weighted by molar-refractivity contribution is 0.220. The molecule has 0 bridgehead atoms. The predicted molar refractivity (Wildman–Crippen MR) is 119 cm³/mol. The van der Waals surface area contributed by atoms with Gasteiger partial charge in [-0.1, -0.05) is 73.3 Å². The average molecular weight is 383 g/mol. The summed E-state index contributed by atoms with van der Waals surface area (Å²) in [5, 5.41) is 23.7. The summed E-state index contributed by atoms with van der Waals surface area (Å²) >= 11 is 0. The van der Waals surface area contributed by atoms with E-state index in [9.17, 15) is 5.11 Å². The van der Waals surface area contributed by atoms with Crippen LogP contribution in [0.2, 0.25) is 0 Å². The molecule has 29 heavy (non-hydrogen) atoms. The number of aromatic nitrogens is 2. The number of hydrogen-bond donors (Lipinski definition) is 3. The van der Waals surface area contributed by atoms with Crippen molar-refractivity contribution in [3.05, 3.63) is 107 Å². The van der Waals surface area contributed by atoms with Crippen LogP contribution in [0.25, 0.3) is 16.5 Å². The Morgan fingerprint density at radius 2 is 1.66 bits per heavy atom. The van der Waals surface area contributed by atoms with Crippen molar-refractivity contribution in [3.8, 4) is 0 Å². The lowest BCUT2D eigenvalue weighted by Gasteiger charge is -2.18. The molecule has 1 heterocycles.